The summed E-state index contributed by atoms with van der Waals surface area (Å²) in [5, 5.41) is 10.3. The lowest BCUT2D eigenvalue weighted by molar-refractivity contribution is 0.589. The van der Waals surface area contributed by atoms with Gasteiger partial charge >= 0.3 is 0 Å². The quantitative estimate of drug-likeness (QED) is 0.852. The van der Waals surface area contributed by atoms with Gasteiger partial charge in [-0.1, -0.05) is 26.0 Å². The molecule has 0 radical (unpaired) electrons. The van der Waals surface area contributed by atoms with Gasteiger partial charge in [-0.2, -0.15) is 5.10 Å². The Balaban J connectivity index is 2.24. The molecule has 0 aliphatic rings. The fourth-order valence-electron chi connectivity index (χ4n) is 1.65. The third-order valence-electron chi connectivity index (χ3n) is 2.53. The molecule has 2 N–H and O–H groups in total. The van der Waals surface area contributed by atoms with E-state index in [0.717, 1.165) is 23.4 Å². The van der Waals surface area contributed by atoms with Crippen LogP contribution in [0.4, 0.5) is 4.39 Å². The van der Waals surface area contributed by atoms with Crippen molar-refractivity contribution in [2.75, 3.05) is 0 Å². The molecule has 17 heavy (non-hydrogen) atoms. The van der Waals surface area contributed by atoms with Crippen molar-refractivity contribution in [1.29, 1.82) is 0 Å². The first-order valence-electron chi connectivity index (χ1n) is 5.68. The van der Waals surface area contributed by atoms with E-state index in [1.165, 1.54) is 12.1 Å². The molecule has 1 aromatic carbocycles. The first-order chi connectivity index (χ1) is 8.16. The second-order valence-corrected chi connectivity index (χ2v) is 4.32. The molecular weight excluding hydrogens is 217 g/mol. The normalized spacial score (nSPS) is 11.1. The van der Waals surface area contributed by atoms with Crippen molar-refractivity contribution in [2.24, 2.45) is 0 Å². The molecule has 1 aromatic heterocycles. The van der Waals surface area contributed by atoms with E-state index >= 15 is 0 Å². The number of hydrogen-bond acceptors (Lipinski definition) is 2. The summed E-state index contributed by atoms with van der Waals surface area (Å²) >= 11 is 0. The van der Waals surface area contributed by atoms with Crippen LogP contribution in [0.1, 0.15) is 19.4 Å². The zero-order valence-electron chi connectivity index (χ0n) is 10.00. The summed E-state index contributed by atoms with van der Waals surface area (Å²) in [6.45, 7) is 4.89. The van der Waals surface area contributed by atoms with Crippen LogP contribution in [0.25, 0.3) is 11.3 Å². The molecule has 0 saturated heterocycles. The maximum atomic E-state index is 13.2. The second kappa shape index (κ2) is 5.10. The van der Waals surface area contributed by atoms with E-state index in [9.17, 15) is 4.39 Å². The molecule has 0 fully saturated rings. The second-order valence-electron chi connectivity index (χ2n) is 4.32. The first-order valence-corrected chi connectivity index (χ1v) is 5.68. The van der Waals surface area contributed by atoms with Gasteiger partial charge in [0.1, 0.15) is 5.82 Å². The van der Waals surface area contributed by atoms with Gasteiger partial charge < -0.3 is 5.32 Å². The van der Waals surface area contributed by atoms with E-state index in [1.54, 1.807) is 12.3 Å². The Labute approximate surface area is 100 Å². The molecule has 0 aliphatic heterocycles. The lowest BCUT2D eigenvalue weighted by atomic mass is 10.1. The van der Waals surface area contributed by atoms with Gasteiger partial charge in [0, 0.05) is 23.7 Å². The highest BCUT2D eigenvalue weighted by atomic mass is 19.1. The Morgan fingerprint density at radius 2 is 2.24 bits per heavy atom. The maximum absolute atomic E-state index is 13.2. The molecule has 0 bridgehead atoms. The number of H-pyrrole nitrogens is 1. The van der Waals surface area contributed by atoms with E-state index in [-0.39, 0.29) is 5.82 Å². The molecule has 0 spiro atoms. The number of rotatable bonds is 4. The lowest BCUT2D eigenvalue weighted by Crippen LogP contribution is -2.21. The van der Waals surface area contributed by atoms with Crippen molar-refractivity contribution in [3.8, 4) is 11.3 Å². The van der Waals surface area contributed by atoms with Crippen molar-refractivity contribution >= 4 is 0 Å². The van der Waals surface area contributed by atoms with E-state index < -0.39 is 0 Å². The summed E-state index contributed by atoms with van der Waals surface area (Å²) in [6, 6.07) is 6.92. The Hall–Kier alpha value is -1.68. The Morgan fingerprint density at radius 1 is 1.41 bits per heavy atom. The molecule has 2 rings (SSSR count). The fourth-order valence-corrected chi connectivity index (χ4v) is 1.65. The van der Waals surface area contributed by atoms with Gasteiger partial charge in [0.05, 0.1) is 11.9 Å². The summed E-state index contributed by atoms with van der Waals surface area (Å²) in [5.41, 5.74) is 2.74. The average molecular weight is 233 g/mol. The average Bonchev–Trinajstić information content (AvgIpc) is 2.74. The van der Waals surface area contributed by atoms with E-state index in [0.29, 0.717) is 6.04 Å². The van der Waals surface area contributed by atoms with E-state index in [1.807, 2.05) is 6.07 Å². The van der Waals surface area contributed by atoms with Crippen molar-refractivity contribution in [3.05, 3.63) is 41.8 Å². The third-order valence-corrected chi connectivity index (χ3v) is 2.53. The van der Waals surface area contributed by atoms with Crippen molar-refractivity contribution < 1.29 is 4.39 Å². The predicted molar refractivity (Wildman–Crippen MR) is 66.0 cm³/mol. The summed E-state index contributed by atoms with van der Waals surface area (Å²) in [4.78, 5) is 0. The maximum Gasteiger partial charge on any atom is 0.123 e. The standard InChI is InChI=1S/C13H16FN3/c1-9(2)15-7-11-8-16-17-13(11)10-4-3-5-12(14)6-10/h3-6,8-9,15H,7H2,1-2H3,(H,16,17). The lowest BCUT2D eigenvalue weighted by Gasteiger charge is -2.08. The number of aromatic nitrogens is 2. The highest BCUT2D eigenvalue weighted by molar-refractivity contribution is 5.62. The molecule has 2 aromatic rings. The zero-order chi connectivity index (χ0) is 12.3. The number of nitrogens with zero attached hydrogens (tertiary/aromatic N) is 1. The van der Waals surface area contributed by atoms with Gasteiger partial charge in [0.15, 0.2) is 0 Å². The van der Waals surface area contributed by atoms with Crippen LogP contribution in [0.15, 0.2) is 30.5 Å². The van der Waals surface area contributed by atoms with E-state index in [4.69, 9.17) is 0 Å². The van der Waals surface area contributed by atoms with E-state index in [2.05, 4.69) is 29.4 Å². The van der Waals surface area contributed by atoms with Crippen LogP contribution in [0.3, 0.4) is 0 Å². The van der Waals surface area contributed by atoms with Gasteiger partial charge in [-0.15, -0.1) is 0 Å². The highest BCUT2D eigenvalue weighted by Gasteiger charge is 2.08. The van der Waals surface area contributed by atoms with Crippen LogP contribution < -0.4 is 5.32 Å². The fraction of sp³-hybridized carbons (Fsp3) is 0.308. The minimum Gasteiger partial charge on any atom is -0.310 e. The summed E-state index contributed by atoms with van der Waals surface area (Å²) < 4.78 is 13.2. The van der Waals surface area contributed by atoms with Crippen LogP contribution in [0, 0.1) is 5.82 Å². The molecule has 0 aliphatic carbocycles. The Morgan fingerprint density at radius 3 is 2.94 bits per heavy atom. The van der Waals surface area contributed by atoms with Gasteiger partial charge in [0.25, 0.3) is 0 Å². The van der Waals surface area contributed by atoms with Gasteiger partial charge in [0.2, 0.25) is 0 Å². The van der Waals surface area contributed by atoms with Crippen LogP contribution in [0.2, 0.25) is 0 Å². The van der Waals surface area contributed by atoms with Crippen molar-refractivity contribution in [1.82, 2.24) is 15.5 Å². The monoisotopic (exact) mass is 233 g/mol. The van der Waals surface area contributed by atoms with Crippen LogP contribution in [0.5, 0.6) is 0 Å². The van der Waals surface area contributed by atoms with Gasteiger partial charge in [-0.05, 0) is 12.1 Å². The van der Waals surface area contributed by atoms with Gasteiger partial charge in [-0.25, -0.2) is 4.39 Å². The number of benzene rings is 1. The minimum absolute atomic E-state index is 0.236. The van der Waals surface area contributed by atoms with Gasteiger partial charge in [-0.3, -0.25) is 5.10 Å². The highest BCUT2D eigenvalue weighted by Crippen LogP contribution is 2.21. The van der Waals surface area contributed by atoms with Crippen LogP contribution in [-0.4, -0.2) is 16.2 Å². The molecule has 0 unspecified atom stereocenters. The number of hydrogen-bond donors (Lipinski definition) is 2. The van der Waals surface area contributed by atoms with Crippen LogP contribution >= 0.6 is 0 Å². The number of aromatic amines is 1. The number of halogens is 1. The molecule has 1 heterocycles. The third kappa shape index (κ3) is 2.91. The van der Waals surface area contributed by atoms with Crippen molar-refractivity contribution in [3.63, 3.8) is 0 Å². The predicted octanol–water partition coefficient (Wildman–Crippen LogP) is 2.71. The summed E-state index contributed by atoms with van der Waals surface area (Å²) in [6.07, 6.45) is 1.77. The Bertz CT molecular complexity index is 491. The number of nitrogens with one attached hydrogen (secondary N) is 2. The minimum atomic E-state index is -0.236. The van der Waals surface area contributed by atoms with Crippen LogP contribution in [-0.2, 0) is 6.54 Å². The molecule has 0 saturated carbocycles. The SMILES string of the molecule is CC(C)NCc1cn[nH]c1-c1cccc(F)c1. The molecule has 3 nitrogen and oxygen atoms in total. The molecule has 0 amide bonds. The zero-order valence-corrected chi connectivity index (χ0v) is 10.00. The summed E-state index contributed by atoms with van der Waals surface area (Å²) in [5.74, 6) is -0.236. The molecule has 0 atom stereocenters. The van der Waals surface area contributed by atoms with Crippen molar-refractivity contribution in [2.45, 2.75) is 26.4 Å². The Kier molecular flexibility index (Phi) is 3.54. The molecular formula is C13H16FN3. The topological polar surface area (TPSA) is 40.7 Å². The summed E-state index contributed by atoms with van der Waals surface area (Å²) in [7, 11) is 0. The molecule has 90 valence electrons. The molecule has 4 heteroatoms. The largest absolute Gasteiger partial charge is 0.310 e. The smallest absolute Gasteiger partial charge is 0.123 e. The first kappa shape index (κ1) is 11.8.